The molecule has 1 unspecified atom stereocenters. The van der Waals surface area contributed by atoms with Crippen LogP contribution in [0.25, 0.3) is 0 Å². The van der Waals surface area contributed by atoms with Crippen molar-refractivity contribution in [1.82, 2.24) is 9.80 Å². The van der Waals surface area contributed by atoms with E-state index in [1.807, 2.05) is 12.1 Å². The molecule has 0 heterocycles. The van der Waals surface area contributed by atoms with E-state index in [2.05, 4.69) is 43.0 Å². The van der Waals surface area contributed by atoms with Gasteiger partial charge in [-0.1, -0.05) is 38.3 Å². The Bertz CT molecular complexity index is 489. The van der Waals surface area contributed by atoms with Crippen LogP contribution in [0.5, 0.6) is 5.75 Å². The molecule has 0 spiro atoms. The highest BCUT2D eigenvalue weighted by molar-refractivity contribution is 5.28. The Labute approximate surface area is 153 Å². The summed E-state index contributed by atoms with van der Waals surface area (Å²) in [6.45, 7) is 5.26. The highest BCUT2D eigenvalue weighted by Crippen LogP contribution is 2.22. The van der Waals surface area contributed by atoms with Gasteiger partial charge in [0, 0.05) is 19.1 Å². The third-order valence-corrected chi connectivity index (χ3v) is 5.10. The largest absolute Gasteiger partial charge is 0.491 e. The average Bonchev–Trinajstić information content (AvgIpc) is 2.61. The van der Waals surface area contributed by atoms with E-state index in [0.29, 0.717) is 19.2 Å². The van der Waals surface area contributed by atoms with Gasteiger partial charge >= 0.3 is 0 Å². The van der Waals surface area contributed by atoms with Gasteiger partial charge in [0.15, 0.2) is 0 Å². The summed E-state index contributed by atoms with van der Waals surface area (Å²) in [7, 11) is 4.27. The average molecular weight is 349 g/mol. The summed E-state index contributed by atoms with van der Waals surface area (Å²) in [6.07, 6.45) is 7.24. The molecule has 2 rings (SSSR count). The van der Waals surface area contributed by atoms with E-state index in [0.717, 1.165) is 25.3 Å². The van der Waals surface area contributed by atoms with Crippen molar-refractivity contribution in [2.24, 2.45) is 0 Å². The molecule has 1 N–H and O–H groups in total. The minimum Gasteiger partial charge on any atom is -0.491 e. The molecule has 25 heavy (non-hydrogen) atoms. The number of benzene rings is 1. The van der Waals surface area contributed by atoms with Crippen molar-refractivity contribution < 1.29 is 9.84 Å². The van der Waals surface area contributed by atoms with Gasteiger partial charge in [0.2, 0.25) is 0 Å². The maximum Gasteiger partial charge on any atom is 0.119 e. The topological polar surface area (TPSA) is 35.9 Å². The standard InChI is InChI=1S/C21H36N2O2/c1-4-13-22(2)15-18-9-8-12-21(14-18)25-17-20(24)16-23(3)19-10-6-5-7-11-19/h8-9,12,14,19-20,24H,4-7,10-11,13,15-17H2,1-3H3. The van der Waals surface area contributed by atoms with E-state index in [4.69, 9.17) is 4.74 Å². The smallest absolute Gasteiger partial charge is 0.119 e. The van der Waals surface area contributed by atoms with E-state index >= 15 is 0 Å². The van der Waals surface area contributed by atoms with Crippen LogP contribution in [0.3, 0.4) is 0 Å². The second kappa shape index (κ2) is 10.8. The first-order valence-electron chi connectivity index (χ1n) is 9.87. The molecule has 0 aliphatic heterocycles. The lowest BCUT2D eigenvalue weighted by Gasteiger charge is -2.32. The van der Waals surface area contributed by atoms with Crippen LogP contribution in [0.1, 0.15) is 51.0 Å². The van der Waals surface area contributed by atoms with Crippen molar-refractivity contribution in [1.29, 1.82) is 0 Å². The molecule has 0 saturated heterocycles. The van der Waals surface area contributed by atoms with Gasteiger partial charge in [0.25, 0.3) is 0 Å². The Morgan fingerprint density at radius 3 is 2.68 bits per heavy atom. The Kier molecular flexibility index (Phi) is 8.73. The molecule has 0 bridgehead atoms. The van der Waals surface area contributed by atoms with Crippen LogP contribution in [-0.2, 0) is 6.54 Å². The molecule has 1 aromatic rings. The second-order valence-corrected chi connectivity index (χ2v) is 7.58. The number of aliphatic hydroxyl groups excluding tert-OH is 1. The SMILES string of the molecule is CCCN(C)Cc1cccc(OCC(O)CN(C)C2CCCCC2)c1. The number of hydrogen-bond donors (Lipinski definition) is 1. The van der Waals surface area contributed by atoms with Gasteiger partial charge in [0.05, 0.1) is 0 Å². The monoisotopic (exact) mass is 348 g/mol. The fraction of sp³-hybridized carbons (Fsp3) is 0.714. The van der Waals surface area contributed by atoms with Crippen molar-refractivity contribution in [3.63, 3.8) is 0 Å². The number of nitrogens with zero attached hydrogens (tertiary/aromatic N) is 2. The Balaban J connectivity index is 1.76. The molecule has 1 atom stereocenters. The summed E-state index contributed by atoms with van der Waals surface area (Å²) in [6, 6.07) is 8.85. The van der Waals surface area contributed by atoms with Crippen molar-refractivity contribution in [2.45, 2.75) is 64.1 Å². The molecule has 0 radical (unpaired) electrons. The fourth-order valence-corrected chi connectivity index (χ4v) is 3.75. The number of hydrogen-bond acceptors (Lipinski definition) is 4. The molecule has 1 saturated carbocycles. The van der Waals surface area contributed by atoms with Gasteiger partial charge in [-0.15, -0.1) is 0 Å². The van der Waals surface area contributed by atoms with Crippen molar-refractivity contribution in [2.75, 3.05) is 33.8 Å². The molecular formula is C21H36N2O2. The van der Waals surface area contributed by atoms with Gasteiger partial charge in [-0.25, -0.2) is 0 Å². The minimum atomic E-state index is -0.446. The minimum absolute atomic E-state index is 0.352. The van der Waals surface area contributed by atoms with Crippen LogP contribution in [-0.4, -0.2) is 60.8 Å². The predicted octanol–water partition coefficient (Wildman–Crippen LogP) is 3.53. The first kappa shape index (κ1) is 20.2. The molecule has 4 nitrogen and oxygen atoms in total. The van der Waals surface area contributed by atoms with Gasteiger partial charge < -0.3 is 19.6 Å². The van der Waals surface area contributed by atoms with Crippen LogP contribution >= 0.6 is 0 Å². The number of likely N-dealkylation sites (N-methyl/N-ethyl adjacent to an activating group) is 1. The second-order valence-electron chi connectivity index (χ2n) is 7.58. The first-order valence-corrected chi connectivity index (χ1v) is 9.87. The molecule has 0 amide bonds. The van der Waals surface area contributed by atoms with Crippen LogP contribution in [0.2, 0.25) is 0 Å². The fourth-order valence-electron chi connectivity index (χ4n) is 3.75. The van der Waals surface area contributed by atoms with E-state index < -0.39 is 6.10 Å². The maximum atomic E-state index is 10.3. The number of ether oxygens (including phenoxy) is 1. The Morgan fingerprint density at radius 2 is 1.96 bits per heavy atom. The van der Waals surface area contributed by atoms with E-state index in [1.165, 1.54) is 37.7 Å². The van der Waals surface area contributed by atoms with E-state index in [-0.39, 0.29) is 0 Å². The Morgan fingerprint density at radius 1 is 1.20 bits per heavy atom. The molecule has 1 aliphatic rings. The Hall–Kier alpha value is -1.10. The lowest BCUT2D eigenvalue weighted by Crippen LogP contribution is -2.40. The third kappa shape index (κ3) is 7.35. The zero-order chi connectivity index (χ0) is 18.1. The molecule has 142 valence electrons. The van der Waals surface area contributed by atoms with E-state index in [1.54, 1.807) is 0 Å². The summed E-state index contributed by atoms with van der Waals surface area (Å²) in [5.74, 6) is 0.849. The molecule has 4 heteroatoms. The first-order chi connectivity index (χ1) is 12.1. The summed E-state index contributed by atoms with van der Waals surface area (Å²) >= 11 is 0. The van der Waals surface area contributed by atoms with Crippen LogP contribution < -0.4 is 4.74 Å². The normalized spacial score (nSPS) is 17.2. The lowest BCUT2D eigenvalue weighted by atomic mass is 9.94. The third-order valence-electron chi connectivity index (χ3n) is 5.10. The van der Waals surface area contributed by atoms with E-state index in [9.17, 15) is 5.11 Å². The summed E-state index contributed by atoms with van der Waals surface area (Å²) < 4.78 is 5.84. The van der Waals surface area contributed by atoms with Crippen LogP contribution in [0.15, 0.2) is 24.3 Å². The maximum absolute atomic E-state index is 10.3. The number of aliphatic hydroxyl groups is 1. The highest BCUT2D eigenvalue weighted by Gasteiger charge is 2.20. The summed E-state index contributed by atoms with van der Waals surface area (Å²) in [5, 5.41) is 10.3. The zero-order valence-corrected chi connectivity index (χ0v) is 16.3. The molecular weight excluding hydrogens is 312 g/mol. The lowest BCUT2D eigenvalue weighted by molar-refractivity contribution is 0.0561. The van der Waals surface area contributed by atoms with Crippen LogP contribution in [0.4, 0.5) is 0 Å². The van der Waals surface area contributed by atoms with Gasteiger partial charge in [-0.3, -0.25) is 0 Å². The molecule has 1 aromatic carbocycles. The highest BCUT2D eigenvalue weighted by atomic mass is 16.5. The molecule has 1 aliphatic carbocycles. The van der Waals surface area contributed by atoms with Gasteiger partial charge in [0.1, 0.15) is 18.5 Å². The van der Waals surface area contributed by atoms with Crippen LogP contribution in [0, 0.1) is 0 Å². The summed E-state index contributed by atoms with van der Waals surface area (Å²) in [4.78, 5) is 4.62. The zero-order valence-electron chi connectivity index (χ0n) is 16.3. The molecule has 0 aromatic heterocycles. The van der Waals surface area contributed by atoms with Crippen molar-refractivity contribution in [3.05, 3.63) is 29.8 Å². The number of rotatable bonds is 10. The van der Waals surface area contributed by atoms with Gasteiger partial charge in [-0.05, 0) is 57.6 Å². The summed E-state index contributed by atoms with van der Waals surface area (Å²) in [5.41, 5.74) is 1.25. The molecule has 1 fully saturated rings. The van der Waals surface area contributed by atoms with Crippen molar-refractivity contribution in [3.8, 4) is 5.75 Å². The van der Waals surface area contributed by atoms with Crippen molar-refractivity contribution >= 4 is 0 Å². The quantitative estimate of drug-likeness (QED) is 0.702. The van der Waals surface area contributed by atoms with Gasteiger partial charge in [-0.2, -0.15) is 0 Å². The predicted molar refractivity (Wildman–Crippen MR) is 104 cm³/mol.